The molecular weight excluding hydrogens is 376 g/mol. The molecule has 2 aromatic heterocycles. The number of pyridine rings is 1. The minimum Gasteiger partial charge on any atom is -0.493 e. The van der Waals surface area contributed by atoms with Crippen LogP contribution >= 0.6 is 0 Å². The number of aryl methyl sites for hydroxylation is 1. The summed E-state index contributed by atoms with van der Waals surface area (Å²) in [6.45, 7) is 2.59. The Kier molecular flexibility index (Phi) is 5.96. The normalized spacial score (nSPS) is 10.7. The van der Waals surface area contributed by atoms with Gasteiger partial charge in [-0.1, -0.05) is 13.0 Å². The highest BCUT2D eigenvalue weighted by Gasteiger charge is 2.13. The topological polar surface area (TPSA) is 115 Å². The Morgan fingerprint density at radius 2 is 1.93 bits per heavy atom. The van der Waals surface area contributed by atoms with Crippen LogP contribution in [0.3, 0.4) is 0 Å². The van der Waals surface area contributed by atoms with Crippen LogP contribution in [-0.2, 0) is 13.1 Å². The number of nitrogens with one attached hydrogen (secondary N) is 2. The lowest BCUT2D eigenvalue weighted by molar-refractivity contribution is 0.0950. The highest BCUT2D eigenvalue weighted by molar-refractivity contribution is 5.96. The maximum absolute atomic E-state index is 12.5. The number of carbonyl (C=O) groups excluding carboxylic acids is 1. The van der Waals surface area contributed by atoms with E-state index in [0.717, 1.165) is 5.56 Å². The van der Waals surface area contributed by atoms with E-state index in [-0.39, 0.29) is 29.0 Å². The first-order valence-electron chi connectivity index (χ1n) is 9.10. The first-order chi connectivity index (χ1) is 14.0. The van der Waals surface area contributed by atoms with E-state index < -0.39 is 11.2 Å². The van der Waals surface area contributed by atoms with Crippen LogP contribution in [0.4, 0.5) is 0 Å². The third-order valence-corrected chi connectivity index (χ3v) is 4.44. The number of fused-ring (bicyclic) bond motifs is 1. The summed E-state index contributed by atoms with van der Waals surface area (Å²) in [5.74, 6) is 0.771. The van der Waals surface area contributed by atoms with Gasteiger partial charge in [-0.3, -0.25) is 19.1 Å². The van der Waals surface area contributed by atoms with Gasteiger partial charge in [-0.25, -0.2) is 9.78 Å². The quantitative estimate of drug-likeness (QED) is 0.622. The van der Waals surface area contributed by atoms with Crippen molar-refractivity contribution in [2.75, 3.05) is 14.2 Å². The lowest BCUT2D eigenvalue weighted by atomic mass is 10.2. The van der Waals surface area contributed by atoms with Crippen LogP contribution in [0.2, 0.25) is 0 Å². The van der Waals surface area contributed by atoms with E-state index in [4.69, 9.17) is 9.47 Å². The predicted molar refractivity (Wildman–Crippen MR) is 108 cm³/mol. The molecule has 0 atom stereocenters. The second kappa shape index (κ2) is 8.59. The molecule has 0 aliphatic heterocycles. The van der Waals surface area contributed by atoms with E-state index in [1.54, 1.807) is 19.2 Å². The molecule has 0 aliphatic carbocycles. The molecule has 0 spiro atoms. The van der Waals surface area contributed by atoms with Crippen molar-refractivity contribution in [3.05, 3.63) is 62.4 Å². The van der Waals surface area contributed by atoms with Crippen LogP contribution in [0.15, 0.2) is 40.1 Å². The molecule has 9 heteroatoms. The van der Waals surface area contributed by atoms with Crippen molar-refractivity contribution in [3.8, 4) is 11.5 Å². The van der Waals surface area contributed by atoms with Gasteiger partial charge in [-0.15, -0.1) is 0 Å². The molecule has 0 fully saturated rings. The molecule has 2 N–H and O–H groups in total. The number of aromatic amines is 1. The molecule has 29 heavy (non-hydrogen) atoms. The number of ether oxygens (including phenoxy) is 2. The van der Waals surface area contributed by atoms with Crippen LogP contribution in [0, 0.1) is 0 Å². The van der Waals surface area contributed by atoms with Gasteiger partial charge in [0.2, 0.25) is 0 Å². The van der Waals surface area contributed by atoms with Gasteiger partial charge >= 0.3 is 5.69 Å². The zero-order valence-electron chi connectivity index (χ0n) is 16.4. The summed E-state index contributed by atoms with van der Waals surface area (Å²) < 4.78 is 11.8. The molecule has 0 unspecified atom stereocenters. The van der Waals surface area contributed by atoms with Gasteiger partial charge in [0.1, 0.15) is 5.65 Å². The van der Waals surface area contributed by atoms with Crippen molar-refractivity contribution in [1.29, 1.82) is 0 Å². The Labute approximate surface area is 166 Å². The lowest BCUT2D eigenvalue weighted by Crippen LogP contribution is -2.31. The minimum atomic E-state index is -0.570. The Bertz CT molecular complexity index is 1170. The molecule has 3 rings (SSSR count). The number of aromatic nitrogens is 3. The summed E-state index contributed by atoms with van der Waals surface area (Å²) in [7, 11) is 3.09. The van der Waals surface area contributed by atoms with E-state index in [2.05, 4.69) is 15.3 Å². The van der Waals surface area contributed by atoms with Gasteiger partial charge in [0, 0.05) is 19.3 Å². The molecule has 0 saturated carbocycles. The van der Waals surface area contributed by atoms with Gasteiger partial charge < -0.3 is 14.8 Å². The number of amides is 1. The van der Waals surface area contributed by atoms with Crippen molar-refractivity contribution in [1.82, 2.24) is 19.9 Å². The Morgan fingerprint density at radius 3 is 2.62 bits per heavy atom. The van der Waals surface area contributed by atoms with E-state index >= 15 is 0 Å². The molecule has 0 radical (unpaired) electrons. The number of nitrogens with zero attached hydrogens (tertiary/aromatic N) is 2. The summed E-state index contributed by atoms with van der Waals surface area (Å²) in [5, 5.41) is 2.97. The maximum Gasteiger partial charge on any atom is 0.329 e. The molecule has 0 aliphatic rings. The fraction of sp³-hybridized carbons (Fsp3) is 0.300. The molecule has 0 bridgehead atoms. The molecule has 2 heterocycles. The molecule has 3 aromatic rings. The zero-order valence-corrected chi connectivity index (χ0v) is 16.4. The second-order valence-corrected chi connectivity index (χ2v) is 6.38. The largest absolute Gasteiger partial charge is 0.493 e. The number of carbonyl (C=O) groups is 1. The van der Waals surface area contributed by atoms with Crippen molar-refractivity contribution in [2.45, 2.75) is 26.4 Å². The molecular formula is C20H22N4O5. The van der Waals surface area contributed by atoms with Gasteiger partial charge in [-0.05, 0) is 30.2 Å². The van der Waals surface area contributed by atoms with Crippen molar-refractivity contribution >= 4 is 16.9 Å². The molecule has 1 amide bonds. The number of hydrogen-bond donors (Lipinski definition) is 2. The third kappa shape index (κ3) is 4.13. The fourth-order valence-electron chi connectivity index (χ4n) is 3.00. The minimum absolute atomic E-state index is 0.191. The van der Waals surface area contributed by atoms with E-state index in [1.165, 1.54) is 23.9 Å². The Hall–Kier alpha value is -3.62. The summed E-state index contributed by atoms with van der Waals surface area (Å²) in [6.07, 6.45) is 2.06. The Morgan fingerprint density at radius 1 is 1.17 bits per heavy atom. The number of methoxy groups -OCH3 is 2. The number of H-pyrrole nitrogens is 1. The van der Waals surface area contributed by atoms with Crippen LogP contribution in [0.1, 0.15) is 29.3 Å². The third-order valence-electron chi connectivity index (χ3n) is 4.44. The first-order valence-corrected chi connectivity index (χ1v) is 9.10. The average molecular weight is 398 g/mol. The standard InChI is InChI=1S/C20H22N4O5/c1-4-7-24-17-14(19(26)23-20(24)27)9-13(11-21-17)18(25)22-10-12-5-6-15(28-2)16(8-12)29-3/h5-6,8-9,11H,4,7,10H2,1-3H3,(H,22,25)(H,23,26,27). The van der Waals surface area contributed by atoms with Crippen LogP contribution in [0.5, 0.6) is 11.5 Å². The summed E-state index contributed by atoms with van der Waals surface area (Å²) >= 11 is 0. The first kappa shape index (κ1) is 20.1. The summed E-state index contributed by atoms with van der Waals surface area (Å²) in [6, 6.07) is 6.78. The molecule has 152 valence electrons. The fourth-order valence-corrected chi connectivity index (χ4v) is 3.00. The molecule has 9 nitrogen and oxygen atoms in total. The van der Waals surface area contributed by atoms with Crippen molar-refractivity contribution in [2.24, 2.45) is 0 Å². The van der Waals surface area contributed by atoms with Gasteiger partial charge in [-0.2, -0.15) is 0 Å². The highest BCUT2D eigenvalue weighted by atomic mass is 16.5. The maximum atomic E-state index is 12.5. The summed E-state index contributed by atoms with van der Waals surface area (Å²) in [5.41, 5.74) is 0.225. The van der Waals surface area contributed by atoms with E-state index in [9.17, 15) is 14.4 Å². The van der Waals surface area contributed by atoms with Crippen LogP contribution in [-0.4, -0.2) is 34.7 Å². The van der Waals surface area contributed by atoms with E-state index in [1.807, 2.05) is 13.0 Å². The molecule has 1 aromatic carbocycles. The van der Waals surface area contributed by atoms with E-state index in [0.29, 0.717) is 24.5 Å². The smallest absolute Gasteiger partial charge is 0.329 e. The number of benzene rings is 1. The zero-order chi connectivity index (χ0) is 21.0. The number of hydrogen-bond acceptors (Lipinski definition) is 6. The monoisotopic (exact) mass is 398 g/mol. The second-order valence-electron chi connectivity index (χ2n) is 6.38. The van der Waals surface area contributed by atoms with Gasteiger partial charge in [0.25, 0.3) is 11.5 Å². The molecule has 0 saturated heterocycles. The highest BCUT2D eigenvalue weighted by Crippen LogP contribution is 2.27. The van der Waals surface area contributed by atoms with Gasteiger partial charge in [0.05, 0.1) is 25.2 Å². The van der Waals surface area contributed by atoms with Crippen molar-refractivity contribution in [3.63, 3.8) is 0 Å². The van der Waals surface area contributed by atoms with Crippen LogP contribution < -0.4 is 26.0 Å². The summed E-state index contributed by atoms with van der Waals surface area (Å²) in [4.78, 5) is 43.2. The predicted octanol–water partition coefficient (Wildman–Crippen LogP) is 1.44. The SMILES string of the molecule is CCCn1c(=O)[nH]c(=O)c2cc(C(=O)NCc3ccc(OC)c(OC)c3)cnc21. The lowest BCUT2D eigenvalue weighted by Gasteiger charge is -2.11. The average Bonchev–Trinajstić information content (AvgIpc) is 2.74. The van der Waals surface area contributed by atoms with Gasteiger partial charge in [0.15, 0.2) is 11.5 Å². The Balaban J connectivity index is 1.84. The van der Waals surface area contributed by atoms with Crippen LogP contribution in [0.25, 0.3) is 11.0 Å². The number of rotatable bonds is 7. The van der Waals surface area contributed by atoms with Crippen molar-refractivity contribution < 1.29 is 14.3 Å².